The van der Waals surface area contributed by atoms with Crippen molar-refractivity contribution in [3.05, 3.63) is 54.2 Å². The molecule has 2 heterocycles. The van der Waals surface area contributed by atoms with Gasteiger partial charge in [0.15, 0.2) is 0 Å². The molecule has 1 aromatic carbocycles. The lowest BCUT2D eigenvalue weighted by Crippen LogP contribution is -2.39. The van der Waals surface area contributed by atoms with Gasteiger partial charge in [0.05, 0.1) is 0 Å². The Bertz CT molecular complexity index is 743. The minimum atomic E-state index is -4.74. The van der Waals surface area contributed by atoms with E-state index in [4.69, 9.17) is 0 Å². The van der Waals surface area contributed by atoms with E-state index in [1.807, 2.05) is 18.2 Å². The van der Waals surface area contributed by atoms with Crippen molar-refractivity contribution in [2.24, 2.45) is 5.92 Å². The zero-order chi connectivity index (χ0) is 19.3. The van der Waals surface area contributed by atoms with Crippen molar-refractivity contribution in [2.75, 3.05) is 24.5 Å². The molecule has 1 amide bonds. The molecule has 1 aliphatic rings. The van der Waals surface area contributed by atoms with Gasteiger partial charge in [-0.15, -0.1) is 13.2 Å². The number of hydrogen-bond donors (Lipinski definition) is 1. The maximum atomic E-state index is 12.2. The highest BCUT2D eigenvalue weighted by molar-refractivity contribution is 5.94. The van der Waals surface area contributed by atoms with E-state index in [1.165, 1.54) is 12.1 Å². The summed E-state index contributed by atoms with van der Waals surface area (Å²) in [7, 11) is 0. The lowest BCUT2D eigenvalue weighted by atomic mass is 9.96. The second-order valence-corrected chi connectivity index (χ2v) is 6.40. The van der Waals surface area contributed by atoms with Crippen LogP contribution in [-0.4, -0.2) is 36.9 Å². The van der Waals surface area contributed by atoms with E-state index in [0.717, 1.165) is 43.9 Å². The van der Waals surface area contributed by atoms with Gasteiger partial charge in [-0.1, -0.05) is 6.07 Å². The highest BCUT2D eigenvalue weighted by Crippen LogP contribution is 2.23. The Morgan fingerprint density at radius 1 is 1.15 bits per heavy atom. The van der Waals surface area contributed by atoms with Gasteiger partial charge in [-0.25, -0.2) is 4.98 Å². The number of alkyl halides is 3. The summed E-state index contributed by atoms with van der Waals surface area (Å²) in [6.45, 7) is 2.29. The largest absolute Gasteiger partial charge is 0.573 e. The average Bonchev–Trinajstić information content (AvgIpc) is 2.66. The van der Waals surface area contributed by atoms with Gasteiger partial charge < -0.3 is 15.0 Å². The number of anilines is 1. The predicted octanol–water partition coefficient (Wildman–Crippen LogP) is 3.63. The second-order valence-electron chi connectivity index (χ2n) is 6.40. The summed E-state index contributed by atoms with van der Waals surface area (Å²) in [6, 6.07) is 10.7. The molecule has 0 unspecified atom stereocenters. The molecule has 0 aliphatic carbocycles. The van der Waals surface area contributed by atoms with Crippen LogP contribution in [0.5, 0.6) is 5.75 Å². The molecule has 3 rings (SSSR count). The van der Waals surface area contributed by atoms with Crippen LogP contribution in [0.1, 0.15) is 23.2 Å². The smallest absolute Gasteiger partial charge is 0.406 e. The topological polar surface area (TPSA) is 54.5 Å². The molecule has 1 saturated heterocycles. The van der Waals surface area contributed by atoms with Gasteiger partial charge in [0.25, 0.3) is 5.91 Å². The molecular formula is C19H20F3N3O2. The molecule has 5 nitrogen and oxygen atoms in total. The third kappa shape index (κ3) is 5.60. The van der Waals surface area contributed by atoms with Crippen LogP contribution in [0.2, 0.25) is 0 Å². The van der Waals surface area contributed by atoms with Gasteiger partial charge in [0.2, 0.25) is 0 Å². The van der Waals surface area contributed by atoms with Gasteiger partial charge in [-0.2, -0.15) is 0 Å². The first-order chi connectivity index (χ1) is 12.9. The first-order valence-electron chi connectivity index (χ1n) is 8.71. The highest BCUT2D eigenvalue weighted by atomic mass is 19.4. The van der Waals surface area contributed by atoms with Gasteiger partial charge in [-0.05, 0) is 55.2 Å². The number of hydrogen-bond acceptors (Lipinski definition) is 4. The summed E-state index contributed by atoms with van der Waals surface area (Å²) >= 11 is 0. The highest BCUT2D eigenvalue weighted by Gasteiger charge is 2.31. The Morgan fingerprint density at radius 2 is 1.85 bits per heavy atom. The Labute approximate surface area is 155 Å². The first-order valence-corrected chi connectivity index (χ1v) is 8.71. The molecule has 2 aromatic rings. The van der Waals surface area contributed by atoms with Crippen LogP contribution in [0.25, 0.3) is 0 Å². The van der Waals surface area contributed by atoms with Crippen LogP contribution in [-0.2, 0) is 0 Å². The third-order valence-corrected chi connectivity index (χ3v) is 4.49. The zero-order valence-corrected chi connectivity index (χ0v) is 14.6. The van der Waals surface area contributed by atoms with E-state index in [0.29, 0.717) is 18.0 Å². The molecule has 0 radical (unpaired) electrons. The van der Waals surface area contributed by atoms with Gasteiger partial charge in [0, 0.05) is 31.4 Å². The number of ether oxygens (including phenoxy) is 1. The van der Waals surface area contributed by atoms with Crippen molar-refractivity contribution in [1.29, 1.82) is 0 Å². The number of nitrogens with one attached hydrogen (secondary N) is 1. The summed E-state index contributed by atoms with van der Waals surface area (Å²) in [4.78, 5) is 18.7. The number of pyridine rings is 1. The Morgan fingerprint density at radius 3 is 2.44 bits per heavy atom. The molecule has 1 fully saturated rings. The van der Waals surface area contributed by atoms with E-state index in [2.05, 4.69) is 19.9 Å². The van der Waals surface area contributed by atoms with Gasteiger partial charge in [0.1, 0.15) is 11.6 Å². The van der Waals surface area contributed by atoms with E-state index < -0.39 is 6.36 Å². The summed E-state index contributed by atoms with van der Waals surface area (Å²) < 4.78 is 40.3. The maximum Gasteiger partial charge on any atom is 0.573 e. The van der Waals surface area contributed by atoms with Crippen LogP contribution < -0.4 is 15.0 Å². The first kappa shape index (κ1) is 19.0. The molecule has 1 N–H and O–H groups in total. The molecule has 1 aliphatic heterocycles. The van der Waals surface area contributed by atoms with Crippen LogP contribution in [0, 0.1) is 5.92 Å². The van der Waals surface area contributed by atoms with Crippen molar-refractivity contribution in [1.82, 2.24) is 10.3 Å². The number of carbonyl (C=O) groups is 1. The van der Waals surface area contributed by atoms with Crippen LogP contribution in [0.15, 0.2) is 48.7 Å². The Hall–Kier alpha value is -2.77. The normalized spacial score (nSPS) is 15.4. The Kier molecular flexibility index (Phi) is 5.83. The van der Waals surface area contributed by atoms with E-state index >= 15 is 0 Å². The molecule has 8 heteroatoms. The second kappa shape index (κ2) is 8.28. The number of aromatic nitrogens is 1. The zero-order valence-electron chi connectivity index (χ0n) is 14.6. The van der Waals surface area contributed by atoms with Crippen molar-refractivity contribution in [2.45, 2.75) is 19.2 Å². The number of piperidine rings is 1. The quantitative estimate of drug-likeness (QED) is 0.862. The average molecular weight is 379 g/mol. The molecule has 0 bridgehead atoms. The van der Waals surface area contributed by atoms with E-state index in [-0.39, 0.29) is 11.7 Å². The summed E-state index contributed by atoms with van der Waals surface area (Å²) in [5.41, 5.74) is 0.301. The van der Waals surface area contributed by atoms with Crippen LogP contribution in [0.3, 0.4) is 0 Å². The summed E-state index contributed by atoms with van der Waals surface area (Å²) in [5.74, 6) is 0.671. The predicted molar refractivity (Wildman–Crippen MR) is 94.6 cm³/mol. The third-order valence-electron chi connectivity index (χ3n) is 4.49. The van der Waals surface area contributed by atoms with Crippen molar-refractivity contribution in [3.63, 3.8) is 0 Å². The fourth-order valence-corrected chi connectivity index (χ4v) is 3.05. The van der Waals surface area contributed by atoms with Crippen molar-refractivity contribution < 1.29 is 22.7 Å². The molecule has 0 spiro atoms. The lowest BCUT2D eigenvalue weighted by molar-refractivity contribution is -0.274. The molecule has 0 saturated carbocycles. The number of amides is 1. The number of halogens is 3. The molecular weight excluding hydrogens is 359 g/mol. The van der Waals surface area contributed by atoms with E-state index in [1.54, 1.807) is 6.20 Å². The van der Waals surface area contributed by atoms with E-state index in [9.17, 15) is 18.0 Å². The standard InChI is InChI=1S/C19H20F3N3O2/c20-19(21,22)27-16-6-4-15(5-7-16)18(26)24-13-14-8-11-25(12-9-14)17-3-1-2-10-23-17/h1-7,10,14H,8-9,11-13H2,(H,24,26). The SMILES string of the molecule is O=C(NCC1CCN(c2ccccn2)CC1)c1ccc(OC(F)(F)F)cc1. The monoisotopic (exact) mass is 379 g/mol. The number of nitrogens with zero attached hydrogens (tertiary/aromatic N) is 2. The van der Waals surface area contributed by atoms with Gasteiger partial charge >= 0.3 is 6.36 Å². The molecule has 0 atom stereocenters. The van der Waals surface area contributed by atoms with Crippen molar-refractivity contribution in [3.8, 4) is 5.75 Å². The van der Waals surface area contributed by atoms with Crippen LogP contribution >= 0.6 is 0 Å². The number of benzene rings is 1. The fraction of sp³-hybridized carbons (Fsp3) is 0.368. The summed E-state index contributed by atoms with van der Waals surface area (Å²) in [6.07, 6.45) is -1.09. The molecule has 1 aromatic heterocycles. The molecule has 144 valence electrons. The lowest BCUT2D eigenvalue weighted by Gasteiger charge is -2.32. The molecule has 27 heavy (non-hydrogen) atoms. The maximum absolute atomic E-state index is 12.2. The van der Waals surface area contributed by atoms with Crippen molar-refractivity contribution >= 4 is 11.7 Å². The summed E-state index contributed by atoms with van der Waals surface area (Å²) in [5, 5.41) is 2.85. The minimum Gasteiger partial charge on any atom is -0.406 e. The fourth-order valence-electron chi connectivity index (χ4n) is 3.05. The number of carbonyl (C=O) groups excluding carboxylic acids is 1. The Balaban J connectivity index is 1.44. The van der Waals surface area contributed by atoms with Crippen LogP contribution in [0.4, 0.5) is 19.0 Å². The van der Waals surface area contributed by atoms with Gasteiger partial charge in [-0.3, -0.25) is 4.79 Å². The minimum absolute atomic E-state index is 0.301. The number of rotatable bonds is 5.